The average Bonchev–Trinajstić information content (AvgIpc) is 2.75. The molecule has 1 aromatic rings. The Kier molecular flexibility index (Phi) is 4.11. The minimum absolute atomic E-state index is 0.390. The highest BCUT2D eigenvalue weighted by Crippen LogP contribution is 2.28. The van der Waals surface area contributed by atoms with Crippen LogP contribution in [0.4, 0.5) is 5.69 Å². The fraction of sp³-hybridized carbons (Fsp3) is 0.500. The standard InChI is InChI=1S/C12H15BrClNO/c1-8(9-4-5-16-7-9)15-12-3-2-10(13)6-11(12)14/h2-3,6,8-9,15H,4-5,7H2,1H3. The summed E-state index contributed by atoms with van der Waals surface area (Å²) in [6.07, 6.45) is 1.13. The first-order valence-corrected chi connectivity index (χ1v) is 6.63. The lowest BCUT2D eigenvalue weighted by Crippen LogP contribution is -2.26. The summed E-state index contributed by atoms with van der Waals surface area (Å²) in [5.74, 6) is 0.583. The first kappa shape index (κ1) is 12.2. The van der Waals surface area contributed by atoms with Gasteiger partial charge in [0.15, 0.2) is 0 Å². The number of hydrogen-bond donors (Lipinski definition) is 1. The van der Waals surface area contributed by atoms with Crippen molar-refractivity contribution in [3.05, 3.63) is 27.7 Å². The largest absolute Gasteiger partial charge is 0.381 e. The van der Waals surface area contributed by atoms with E-state index in [4.69, 9.17) is 16.3 Å². The molecular formula is C12H15BrClNO. The van der Waals surface area contributed by atoms with Gasteiger partial charge in [-0.1, -0.05) is 27.5 Å². The molecule has 0 bridgehead atoms. The molecular weight excluding hydrogens is 289 g/mol. The maximum atomic E-state index is 6.16. The molecule has 88 valence electrons. The predicted octanol–water partition coefficient (Wildman–Crippen LogP) is 3.94. The number of anilines is 1. The quantitative estimate of drug-likeness (QED) is 0.913. The van der Waals surface area contributed by atoms with Gasteiger partial charge in [-0.2, -0.15) is 0 Å². The van der Waals surface area contributed by atoms with Crippen molar-refractivity contribution in [3.8, 4) is 0 Å². The molecule has 1 saturated heterocycles. The number of ether oxygens (including phenoxy) is 1. The van der Waals surface area contributed by atoms with Crippen LogP contribution in [-0.2, 0) is 4.74 Å². The van der Waals surface area contributed by atoms with Gasteiger partial charge in [-0.15, -0.1) is 0 Å². The SMILES string of the molecule is CC(Nc1ccc(Br)cc1Cl)C1CCOC1. The molecule has 0 aliphatic carbocycles. The number of benzene rings is 1. The van der Waals surface area contributed by atoms with Gasteiger partial charge in [-0.3, -0.25) is 0 Å². The van der Waals surface area contributed by atoms with Gasteiger partial charge in [0.2, 0.25) is 0 Å². The monoisotopic (exact) mass is 303 g/mol. The zero-order valence-corrected chi connectivity index (χ0v) is 11.5. The normalized spacial score (nSPS) is 22.1. The second-order valence-electron chi connectivity index (χ2n) is 4.18. The molecule has 1 N–H and O–H groups in total. The van der Waals surface area contributed by atoms with Crippen LogP contribution in [0.25, 0.3) is 0 Å². The summed E-state index contributed by atoms with van der Waals surface area (Å²) < 4.78 is 6.38. The Bertz CT molecular complexity index is 366. The molecule has 16 heavy (non-hydrogen) atoms. The highest BCUT2D eigenvalue weighted by atomic mass is 79.9. The Morgan fingerprint density at radius 1 is 1.56 bits per heavy atom. The zero-order chi connectivity index (χ0) is 11.5. The van der Waals surface area contributed by atoms with Crippen molar-refractivity contribution in [2.75, 3.05) is 18.5 Å². The van der Waals surface area contributed by atoms with E-state index >= 15 is 0 Å². The molecule has 0 aromatic heterocycles. The van der Waals surface area contributed by atoms with Crippen molar-refractivity contribution in [1.29, 1.82) is 0 Å². The van der Waals surface area contributed by atoms with E-state index < -0.39 is 0 Å². The highest BCUT2D eigenvalue weighted by Gasteiger charge is 2.22. The molecule has 1 aliphatic heterocycles. The molecule has 0 saturated carbocycles. The topological polar surface area (TPSA) is 21.3 Å². The Balaban J connectivity index is 2.02. The summed E-state index contributed by atoms with van der Waals surface area (Å²) in [5.41, 5.74) is 0.990. The van der Waals surface area contributed by atoms with Crippen molar-refractivity contribution in [2.24, 2.45) is 5.92 Å². The van der Waals surface area contributed by atoms with Gasteiger partial charge in [0.1, 0.15) is 0 Å². The molecule has 2 nitrogen and oxygen atoms in total. The Labute approximate surface area is 109 Å². The summed E-state index contributed by atoms with van der Waals surface area (Å²) in [4.78, 5) is 0. The van der Waals surface area contributed by atoms with Gasteiger partial charge in [0.05, 0.1) is 17.3 Å². The minimum atomic E-state index is 0.390. The smallest absolute Gasteiger partial charge is 0.0648 e. The van der Waals surface area contributed by atoms with Crippen LogP contribution in [0.3, 0.4) is 0 Å². The van der Waals surface area contributed by atoms with Gasteiger partial charge < -0.3 is 10.1 Å². The lowest BCUT2D eigenvalue weighted by atomic mass is 10.0. The number of nitrogens with one attached hydrogen (secondary N) is 1. The summed E-state index contributed by atoms with van der Waals surface area (Å²) >= 11 is 9.55. The summed E-state index contributed by atoms with van der Waals surface area (Å²) in [7, 11) is 0. The van der Waals surface area contributed by atoms with Gasteiger partial charge in [-0.25, -0.2) is 0 Å². The molecule has 1 aliphatic rings. The van der Waals surface area contributed by atoms with Crippen LogP contribution in [0.5, 0.6) is 0 Å². The Hall–Kier alpha value is -0.250. The van der Waals surface area contributed by atoms with Crippen LogP contribution in [0.15, 0.2) is 22.7 Å². The van der Waals surface area contributed by atoms with Crippen LogP contribution in [0.2, 0.25) is 5.02 Å². The Morgan fingerprint density at radius 2 is 2.38 bits per heavy atom. The third kappa shape index (κ3) is 2.90. The van der Waals surface area contributed by atoms with Gasteiger partial charge in [0, 0.05) is 23.0 Å². The third-order valence-electron chi connectivity index (χ3n) is 2.99. The first-order chi connectivity index (χ1) is 7.66. The summed E-state index contributed by atoms with van der Waals surface area (Å²) in [6.45, 7) is 3.91. The maximum Gasteiger partial charge on any atom is 0.0648 e. The van der Waals surface area contributed by atoms with Crippen LogP contribution >= 0.6 is 27.5 Å². The number of halogens is 2. The lowest BCUT2D eigenvalue weighted by molar-refractivity contribution is 0.183. The van der Waals surface area contributed by atoms with Crippen LogP contribution in [0, 0.1) is 5.92 Å². The number of rotatable bonds is 3. The Morgan fingerprint density at radius 3 is 3.00 bits per heavy atom. The third-order valence-corrected chi connectivity index (χ3v) is 3.79. The van der Waals surface area contributed by atoms with E-state index in [1.54, 1.807) is 0 Å². The van der Waals surface area contributed by atoms with E-state index in [2.05, 4.69) is 28.2 Å². The molecule has 2 atom stereocenters. The van der Waals surface area contributed by atoms with Crippen LogP contribution in [0.1, 0.15) is 13.3 Å². The van der Waals surface area contributed by atoms with E-state index in [0.29, 0.717) is 12.0 Å². The van der Waals surface area contributed by atoms with E-state index in [9.17, 15) is 0 Å². The average molecular weight is 305 g/mol. The van der Waals surface area contributed by atoms with E-state index in [0.717, 1.165) is 34.8 Å². The molecule has 2 unspecified atom stereocenters. The van der Waals surface area contributed by atoms with E-state index in [1.165, 1.54) is 0 Å². The lowest BCUT2D eigenvalue weighted by Gasteiger charge is -2.21. The van der Waals surface area contributed by atoms with Gasteiger partial charge in [0.25, 0.3) is 0 Å². The van der Waals surface area contributed by atoms with Crippen molar-refractivity contribution in [2.45, 2.75) is 19.4 Å². The molecule has 1 aromatic carbocycles. The maximum absolute atomic E-state index is 6.16. The number of hydrogen-bond acceptors (Lipinski definition) is 2. The first-order valence-electron chi connectivity index (χ1n) is 5.46. The van der Waals surface area contributed by atoms with E-state index in [1.807, 2.05) is 18.2 Å². The molecule has 0 radical (unpaired) electrons. The second kappa shape index (κ2) is 5.39. The van der Waals surface area contributed by atoms with E-state index in [-0.39, 0.29) is 0 Å². The summed E-state index contributed by atoms with van der Waals surface area (Å²) in [6, 6.07) is 6.29. The fourth-order valence-corrected chi connectivity index (χ4v) is 2.64. The molecule has 1 heterocycles. The van der Waals surface area contributed by atoms with Crippen molar-refractivity contribution >= 4 is 33.2 Å². The highest BCUT2D eigenvalue weighted by molar-refractivity contribution is 9.10. The minimum Gasteiger partial charge on any atom is -0.381 e. The van der Waals surface area contributed by atoms with Crippen molar-refractivity contribution < 1.29 is 4.74 Å². The second-order valence-corrected chi connectivity index (χ2v) is 5.50. The molecule has 1 fully saturated rings. The molecule has 4 heteroatoms. The fourth-order valence-electron chi connectivity index (χ4n) is 1.92. The summed E-state index contributed by atoms with van der Waals surface area (Å²) in [5, 5.41) is 4.20. The predicted molar refractivity (Wildman–Crippen MR) is 71.2 cm³/mol. The zero-order valence-electron chi connectivity index (χ0n) is 9.17. The van der Waals surface area contributed by atoms with Crippen molar-refractivity contribution in [1.82, 2.24) is 0 Å². The van der Waals surface area contributed by atoms with Crippen LogP contribution < -0.4 is 5.32 Å². The molecule has 2 rings (SSSR count). The van der Waals surface area contributed by atoms with Gasteiger partial charge >= 0.3 is 0 Å². The van der Waals surface area contributed by atoms with Crippen molar-refractivity contribution in [3.63, 3.8) is 0 Å². The molecule has 0 amide bonds. The van der Waals surface area contributed by atoms with Gasteiger partial charge in [-0.05, 0) is 31.5 Å². The molecule has 0 spiro atoms. The van der Waals surface area contributed by atoms with Crippen LogP contribution in [-0.4, -0.2) is 19.3 Å².